The van der Waals surface area contributed by atoms with Gasteiger partial charge in [-0.25, -0.2) is 12.8 Å². The van der Waals surface area contributed by atoms with Gasteiger partial charge in [-0.1, -0.05) is 13.8 Å². The van der Waals surface area contributed by atoms with Crippen LogP contribution in [0, 0.1) is 28.8 Å². The molecule has 0 saturated carbocycles. The summed E-state index contributed by atoms with van der Waals surface area (Å²) >= 11 is 0. The number of nitro groups is 1. The molecule has 1 amide bonds. The summed E-state index contributed by atoms with van der Waals surface area (Å²) in [5.41, 5.74) is 0.215. The van der Waals surface area contributed by atoms with Gasteiger partial charge >= 0.3 is 0 Å². The second-order valence-electron chi connectivity index (χ2n) is 9.28. The third-order valence-electron chi connectivity index (χ3n) is 5.96. The molecule has 0 atom stereocenters. The fraction of sp³-hybridized carbons (Fsp3) is 0.360. The van der Waals surface area contributed by atoms with E-state index in [0.29, 0.717) is 12.2 Å². The molecule has 1 N–H and O–H groups in total. The Balaban J connectivity index is 1.84. The fourth-order valence-corrected chi connectivity index (χ4v) is 5.42. The van der Waals surface area contributed by atoms with Crippen LogP contribution in [0.3, 0.4) is 0 Å². The van der Waals surface area contributed by atoms with E-state index in [1.54, 1.807) is 6.92 Å². The molecule has 0 unspecified atom stereocenters. The highest BCUT2D eigenvalue weighted by Gasteiger charge is 2.32. The van der Waals surface area contributed by atoms with Crippen LogP contribution < -0.4 is 10.1 Å². The number of halogens is 1. The number of nitrogens with zero attached hydrogens (tertiary/aromatic N) is 4. The van der Waals surface area contributed by atoms with Crippen LogP contribution in [0.2, 0.25) is 0 Å². The van der Waals surface area contributed by atoms with Crippen LogP contribution in [-0.4, -0.2) is 66.2 Å². The smallest absolute Gasteiger partial charge is 0.272 e. The Hall–Kier alpha value is -3.88. The lowest BCUT2D eigenvalue weighted by Crippen LogP contribution is -2.40. The van der Waals surface area contributed by atoms with E-state index in [4.69, 9.17) is 9.47 Å². The molecule has 2 aromatic carbocycles. The average Bonchev–Trinajstić information content (AvgIpc) is 3.24. The van der Waals surface area contributed by atoms with Crippen molar-refractivity contribution in [3.63, 3.8) is 0 Å². The van der Waals surface area contributed by atoms with Crippen LogP contribution in [-0.2, 0) is 14.8 Å². The van der Waals surface area contributed by atoms with E-state index in [9.17, 15) is 27.7 Å². The van der Waals surface area contributed by atoms with Gasteiger partial charge in [0.1, 0.15) is 16.5 Å². The molecule has 1 saturated heterocycles. The lowest BCUT2D eigenvalue weighted by Gasteiger charge is -2.26. The minimum atomic E-state index is -4.23. The molecule has 0 bridgehead atoms. The Morgan fingerprint density at radius 3 is 2.49 bits per heavy atom. The molecule has 4 rings (SSSR count). The van der Waals surface area contributed by atoms with Crippen molar-refractivity contribution in [2.45, 2.75) is 25.7 Å². The molecule has 1 aliphatic rings. The number of morpholine rings is 1. The number of nitrogens with one attached hydrogen (secondary N) is 1. The highest BCUT2D eigenvalue weighted by Crippen LogP contribution is 2.37. The van der Waals surface area contributed by atoms with Crippen LogP contribution in [0.5, 0.6) is 11.6 Å². The number of non-ortho nitro benzene ring substituents is 1. The Labute approximate surface area is 224 Å². The number of sulfonamides is 1. The van der Waals surface area contributed by atoms with E-state index in [0.717, 1.165) is 16.4 Å². The van der Waals surface area contributed by atoms with Crippen molar-refractivity contribution in [2.24, 2.45) is 5.92 Å². The van der Waals surface area contributed by atoms with E-state index in [-0.39, 0.29) is 55.1 Å². The molecule has 0 radical (unpaired) electrons. The van der Waals surface area contributed by atoms with Crippen molar-refractivity contribution in [1.82, 2.24) is 19.4 Å². The molecule has 0 aliphatic carbocycles. The Bertz CT molecular complexity index is 1480. The SMILES string of the molecule is Cc1c(C(=O)NCC(C)C)nn(-c2ccc(F)cc2)c1Oc1ccc([N+](=O)[O-])cc1S(=O)(=O)N1CCOCC1. The minimum Gasteiger partial charge on any atom is -0.437 e. The lowest BCUT2D eigenvalue weighted by molar-refractivity contribution is -0.385. The Morgan fingerprint density at radius 2 is 1.87 bits per heavy atom. The number of aromatic nitrogens is 2. The first-order valence-electron chi connectivity index (χ1n) is 12.2. The molecule has 208 valence electrons. The number of nitro benzene ring substituents is 1. The molecule has 1 aromatic heterocycles. The Kier molecular flexibility index (Phi) is 8.28. The van der Waals surface area contributed by atoms with Gasteiger partial charge in [0.15, 0.2) is 5.69 Å². The van der Waals surface area contributed by atoms with Crippen LogP contribution >= 0.6 is 0 Å². The summed E-state index contributed by atoms with van der Waals surface area (Å²) in [6.45, 7) is 6.32. The van der Waals surface area contributed by atoms with Gasteiger partial charge < -0.3 is 14.8 Å². The lowest BCUT2D eigenvalue weighted by atomic mass is 10.2. The highest BCUT2D eigenvalue weighted by atomic mass is 32.2. The van der Waals surface area contributed by atoms with Crippen molar-refractivity contribution in [1.29, 1.82) is 0 Å². The zero-order chi connectivity index (χ0) is 28.3. The topological polar surface area (TPSA) is 146 Å². The molecule has 0 spiro atoms. The van der Waals surface area contributed by atoms with Gasteiger partial charge in [-0.05, 0) is 43.2 Å². The normalized spacial score (nSPS) is 14.4. The summed E-state index contributed by atoms with van der Waals surface area (Å²) < 4.78 is 54.5. The molecule has 3 aromatic rings. The molecule has 1 fully saturated rings. The van der Waals surface area contributed by atoms with Crippen LogP contribution in [0.4, 0.5) is 10.1 Å². The standard InChI is InChI=1S/C25H28FN5O7S/c1-16(2)15-27-24(32)23-17(3)25(30(28-23)19-6-4-18(26)5-7-19)38-21-9-8-20(31(33)34)14-22(21)39(35,36)29-10-12-37-13-11-29/h4-9,14,16H,10-13,15H2,1-3H3,(H,27,32). The summed E-state index contributed by atoms with van der Waals surface area (Å²) in [6.07, 6.45) is 0. The van der Waals surface area contributed by atoms with E-state index in [2.05, 4.69) is 10.4 Å². The van der Waals surface area contributed by atoms with Crippen molar-refractivity contribution in [3.05, 3.63) is 69.7 Å². The first-order chi connectivity index (χ1) is 18.5. The van der Waals surface area contributed by atoms with Gasteiger partial charge in [0.25, 0.3) is 11.6 Å². The van der Waals surface area contributed by atoms with Crippen molar-refractivity contribution in [3.8, 4) is 17.3 Å². The number of carbonyl (C=O) groups is 1. The highest BCUT2D eigenvalue weighted by molar-refractivity contribution is 7.89. The second-order valence-corrected chi connectivity index (χ2v) is 11.2. The van der Waals surface area contributed by atoms with Crippen LogP contribution in [0.25, 0.3) is 5.69 Å². The van der Waals surface area contributed by atoms with Gasteiger partial charge in [-0.3, -0.25) is 14.9 Å². The molecule has 2 heterocycles. The zero-order valence-corrected chi connectivity index (χ0v) is 22.4. The maximum absolute atomic E-state index is 13.6. The first kappa shape index (κ1) is 28.1. The van der Waals surface area contributed by atoms with Crippen molar-refractivity contribution >= 4 is 21.6 Å². The van der Waals surface area contributed by atoms with Gasteiger partial charge in [0.2, 0.25) is 15.9 Å². The van der Waals surface area contributed by atoms with E-state index in [1.165, 1.54) is 35.0 Å². The number of benzene rings is 2. The van der Waals surface area contributed by atoms with Crippen LogP contribution in [0.15, 0.2) is 47.4 Å². The number of rotatable bonds is 9. The third-order valence-corrected chi connectivity index (χ3v) is 7.88. The minimum absolute atomic E-state index is 0.0106. The summed E-state index contributed by atoms with van der Waals surface area (Å²) in [6, 6.07) is 8.49. The molecular weight excluding hydrogens is 533 g/mol. The summed E-state index contributed by atoms with van der Waals surface area (Å²) in [7, 11) is -4.23. The molecule has 1 aliphatic heterocycles. The molecule has 12 nitrogen and oxygen atoms in total. The maximum Gasteiger partial charge on any atom is 0.272 e. The van der Waals surface area contributed by atoms with Gasteiger partial charge in [-0.15, -0.1) is 0 Å². The first-order valence-corrected chi connectivity index (χ1v) is 13.6. The number of ether oxygens (including phenoxy) is 2. The quantitative estimate of drug-likeness (QED) is 0.309. The summed E-state index contributed by atoms with van der Waals surface area (Å²) in [4.78, 5) is 23.3. The van der Waals surface area contributed by atoms with Gasteiger partial charge in [-0.2, -0.15) is 14.1 Å². The Morgan fingerprint density at radius 1 is 1.21 bits per heavy atom. The predicted molar refractivity (Wildman–Crippen MR) is 138 cm³/mol. The van der Waals surface area contributed by atoms with Crippen molar-refractivity contribution in [2.75, 3.05) is 32.8 Å². The zero-order valence-electron chi connectivity index (χ0n) is 21.6. The number of hydrogen-bond acceptors (Lipinski definition) is 8. The van der Waals surface area contributed by atoms with E-state index in [1.807, 2.05) is 13.8 Å². The maximum atomic E-state index is 13.6. The van der Waals surface area contributed by atoms with Gasteiger partial charge in [0, 0.05) is 37.3 Å². The second kappa shape index (κ2) is 11.5. The molecule has 14 heteroatoms. The van der Waals surface area contributed by atoms with E-state index >= 15 is 0 Å². The summed E-state index contributed by atoms with van der Waals surface area (Å²) in [5.74, 6) is -1.00. The van der Waals surface area contributed by atoms with Crippen molar-refractivity contribution < 1.29 is 32.0 Å². The predicted octanol–water partition coefficient (Wildman–Crippen LogP) is 3.43. The summed E-state index contributed by atoms with van der Waals surface area (Å²) in [5, 5.41) is 18.6. The number of carbonyl (C=O) groups excluding carboxylic acids is 1. The monoisotopic (exact) mass is 561 g/mol. The average molecular weight is 562 g/mol. The largest absolute Gasteiger partial charge is 0.437 e. The third kappa shape index (κ3) is 6.08. The van der Waals surface area contributed by atoms with E-state index < -0.39 is 37.3 Å². The van der Waals surface area contributed by atoms with Gasteiger partial charge in [0.05, 0.1) is 23.8 Å². The molecule has 39 heavy (non-hydrogen) atoms. The van der Waals surface area contributed by atoms with Crippen LogP contribution in [0.1, 0.15) is 29.9 Å². The fourth-order valence-electron chi connectivity index (χ4n) is 3.88. The number of hydrogen-bond donors (Lipinski definition) is 1. The number of amides is 1. The molecular formula is C25H28FN5O7S.